The van der Waals surface area contributed by atoms with Crippen molar-refractivity contribution in [2.24, 2.45) is 5.92 Å². The van der Waals surface area contributed by atoms with Gasteiger partial charge in [0.05, 0.1) is 19.9 Å². The Bertz CT molecular complexity index is 946. The van der Waals surface area contributed by atoms with E-state index in [4.69, 9.17) is 9.47 Å². The van der Waals surface area contributed by atoms with Crippen LogP contribution in [-0.2, 0) is 20.9 Å². The first-order chi connectivity index (χ1) is 14.0. The fourth-order valence-corrected chi connectivity index (χ4v) is 3.78. The molecule has 1 saturated heterocycles. The summed E-state index contributed by atoms with van der Waals surface area (Å²) in [6.45, 7) is 0.667. The van der Waals surface area contributed by atoms with Gasteiger partial charge in [0.2, 0.25) is 11.8 Å². The van der Waals surface area contributed by atoms with Crippen molar-refractivity contribution in [2.45, 2.75) is 13.0 Å². The Hall–Kier alpha value is -2.87. The minimum absolute atomic E-state index is 0.186. The fourth-order valence-electron chi connectivity index (χ4n) is 3.28. The Labute approximate surface area is 177 Å². The van der Waals surface area contributed by atoms with E-state index in [0.717, 1.165) is 10.2 Å². The monoisotopic (exact) mass is 460 g/mol. The third-order valence-corrected chi connectivity index (χ3v) is 5.47. The molecule has 0 aromatic heterocycles. The second kappa shape index (κ2) is 9.09. The van der Waals surface area contributed by atoms with E-state index in [1.807, 2.05) is 24.3 Å². The van der Waals surface area contributed by atoms with Crippen LogP contribution in [0.4, 0.5) is 5.69 Å². The van der Waals surface area contributed by atoms with Gasteiger partial charge < -0.3 is 19.7 Å². The molecule has 1 aliphatic rings. The standard InChI is InChI=1S/C21H21BrN2O5/c1-28-18-8-7-13(11-15(18)21(27)29-2)12-23-19(25)14-9-10-24(20(14)26)17-6-4-3-5-16(17)22/h3-8,11,14H,9-10,12H2,1-2H3,(H,23,25). The molecule has 7 nitrogen and oxygen atoms in total. The van der Waals surface area contributed by atoms with E-state index in [1.54, 1.807) is 23.1 Å². The maximum Gasteiger partial charge on any atom is 0.341 e. The first kappa shape index (κ1) is 20.9. The lowest BCUT2D eigenvalue weighted by atomic mass is 10.1. The second-order valence-electron chi connectivity index (χ2n) is 6.53. The number of carbonyl (C=O) groups is 3. The highest BCUT2D eigenvalue weighted by molar-refractivity contribution is 9.10. The number of hydrogen-bond donors (Lipinski definition) is 1. The molecule has 1 atom stereocenters. The number of carbonyl (C=O) groups excluding carboxylic acids is 3. The van der Waals surface area contributed by atoms with Gasteiger partial charge >= 0.3 is 5.97 Å². The van der Waals surface area contributed by atoms with E-state index in [2.05, 4.69) is 21.2 Å². The van der Waals surface area contributed by atoms with E-state index in [9.17, 15) is 14.4 Å². The molecule has 0 saturated carbocycles. The number of anilines is 1. The third kappa shape index (κ3) is 4.42. The number of ether oxygens (including phenoxy) is 2. The van der Waals surface area contributed by atoms with Gasteiger partial charge in [0.15, 0.2) is 0 Å². The minimum atomic E-state index is -0.736. The van der Waals surface area contributed by atoms with Gasteiger partial charge in [-0.05, 0) is 52.2 Å². The fraction of sp³-hybridized carbons (Fsp3) is 0.286. The van der Waals surface area contributed by atoms with Crippen molar-refractivity contribution < 1.29 is 23.9 Å². The number of para-hydroxylation sites is 1. The maximum absolute atomic E-state index is 12.7. The van der Waals surface area contributed by atoms with Gasteiger partial charge in [-0.3, -0.25) is 9.59 Å². The molecule has 1 aliphatic heterocycles. The molecule has 0 spiro atoms. The summed E-state index contributed by atoms with van der Waals surface area (Å²) in [5.74, 6) is -1.42. The first-order valence-corrected chi connectivity index (χ1v) is 9.84. The number of benzene rings is 2. The molecule has 2 aromatic rings. The van der Waals surface area contributed by atoms with Gasteiger partial charge in [-0.25, -0.2) is 4.79 Å². The molecule has 1 unspecified atom stereocenters. The van der Waals surface area contributed by atoms with Crippen molar-refractivity contribution in [3.05, 3.63) is 58.1 Å². The lowest BCUT2D eigenvalue weighted by Gasteiger charge is -2.18. The van der Waals surface area contributed by atoms with Crippen LogP contribution in [-0.4, -0.2) is 38.5 Å². The molecule has 0 aliphatic carbocycles. The van der Waals surface area contributed by atoms with Crippen LogP contribution in [0, 0.1) is 5.92 Å². The molecule has 2 amide bonds. The number of hydrogen-bond acceptors (Lipinski definition) is 5. The van der Waals surface area contributed by atoms with Crippen LogP contribution in [0.15, 0.2) is 46.9 Å². The first-order valence-electron chi connectivity index (χ1n) is 9.05. The summed E-state index contributed by atoms with van der Waals surface area (Å²) in [6.07, 6.45) is 0.446. The highest BCUT2D eigenvalue weighted by Gasteiger charge is 2.38. The summed E-state index contributed by atoms with van der Waals surface area (Å²) in [5, 5.41) is 2.79. The lowest BCUT2D eigenvalue weighted by molar-refractivity contribution is -0.132. The van der Waals surface area contributed by atoms with Gasteiger partial charge in [0, 0.05) is 17.6 Å². The van der Waals surface area contributed by atoms with Gasteiger partial charge in [0.25, 0.3) is 0 Å². The molecule has 8 heteroatoms. The summed E-state index contributed by atoms with van der Waals surface area (Å²) in [7, 11) is 2.75. The molecule has 2 aromatic carbocycles. The predicted molar refractivity (Wildman–Crippen MR) is 111 cm³/mol. The average molecular weight is 461 g/mol. The van der Waals surface area contributed by atoms with Crippen LogP contribution < -0.4 is 15.0 Å². The number of nitrogens with zero attached hydrogens (tertiary/aromatic N) is 1. The van der Waals surface area contributed by atoms with Crippen LogP contribution in [0.25, 0.3) is 0 Å². The molecule has 1 fully saturated rings. The van der Waals surface area contributed by atoms with Crippen LogP contribution in [0.3, 0.4) is 0 Å². The van der Waals surface area contributed by atoms with Gasteiger partial charge in [0.1, 0.15) is 17.2 Å². The predicted octanol–water partition coefficient (Wildman–Crippen LogP) is 2.91. The lowest BCUT2D eigenvalue weighted by Crippen LogP contribution is -2.36. The Morgan fingerprint density at radius 1 is 1.21 bits per heavy atom. The summed E-state index contributed by atoms with van der Waals surface area (Å²) >= 11 is 3.45. The number of methoxy groups -OCH3 is 2. The second-order valence-corrected chi connectivity index (χ2v) is 7.38. The quantitative estimate of drug-likeness (QED) is 0.529. The van der Waals surface area contributed by atoms with Crippen molar-refractivity contribution in [2.75, 3.05) is 25.7 Å². The summed E-state index contributed by atoms with van der Waals surface area (Å²) in [4.78, 5) is 38.9. The van der Waals surface area contributed by atoms with E-state index in [0.29, 0.717) is 24.3 Å². The summed E-state index contributed by atoms with van der Waals surface area (Å²) < 4.78 is 10.7. The Morgan fingerprint density at radius 3 is 2.66 bits per heavy atom. The Balaban J connectivity index is 1.66. The number of nitrogens with one attached hydrogen (secondary N) is 1. The van der Waals surface area contributed by atoms with Crippen LogP contribution >= 0.6 is 15.9 Å². The zero-order chi connectivity index (χ0) is 21.0. The topological polar surface area (TPSA) is 84.9 Å². The van der Waals surface area contributed by atoms with E-state index < -0.39 is 11.9 Å². The van der Waals surface area contributed by atoms with Crippen LogP contribution in [0.2, 0.25) is 0 Å². The number of halogens is 1. The smallest absolute Gasteiger partial charge is 0.341 e. The summed E-state index contributed by atoms with van der Waals surface area (Å²) in [5.41, 5.74) is 1.73. The molecule has 1 heterocycles. The number of rotatable bonds is 6. The summed E-state index contributed by atoms with van der Waals surface area (Å²) in [6, 6.07) is 12.4. The average Bonchev–Trinajstić information content (AvgIpc) is 3.12. The molecule has 29 heavy (non-hydrogen) atoms. The number of esters is 1. The highest BCUT2D eigenvalue weighted by Crippen LogP contribution is 2.31. The molecule has 0 bridgehead atoms. The Kier molecular flexibility index (Phi) is 6.53. The highest BCUT2D eigenvalue weighted by atomic mass is 79.9. The molecular formula is C21H21BrN2O5. The van der Waals surface area contributed by atoms with Crippen molar-refractivity contribution in [3.8, 4) is 5.75 Å². The van der Waals surface area contributed by atoms with Crippen LogP contribution in [0.1, 0.15) is 22.3 Å². The SMILES string of the molecule is COC(=O)c1cc(CNC(=O)C2CCN(c3ccccc3Br)C2=O)ccc1OC. The molecule has 1 N–H and O–H groups in total. The van der Waals surface area contributed by atoms with Crippen LogP contribution in [0.5, 0.6) is 5.75 Å². The zero-order valence-corrected chi connectivity index (χ0v) is 17.7. The van der Waals surface area contributed by atoms with Crippen molar-refractivity contribution in [1.82, 2.24) is 5.32 Å². The van der Waals surface area contributed by atoms with Crippen molar-refractivity contribution in [3.63, 3.8) is 0 Å². The van der Waals surface area contributed by atoms with Crippen molar-refractivity contribution >= 4 is 39.4 Å². The molecule has 3 rings (SSSR count). The molecule has 0 radical (unpaired) electrons. The minimum Gasteiger partial charge on any atom is -0.496 e. The van der Waals surface area contributed by atoms with E-state index >= 15 is 0 Å². The van der Waals surface area contributed by atoms with E-state index in [-0.39, 0.29) is 23.9 Å². The van der Waals surface area contributed by atoms with Gasteiger partial charge in [-0.2, -0.15) is 0 Å². The molecular weight excluding hydrogens is 440 g/mol. The normalized spacial score (nSPS) is 15.9. The third-order valence-electron chi connectivity index (χ3n) is 4.80. The van der Waals surface area contributed by atoms with Gasteiger partial charge in [-0.1, -0.05) is 18.2 Å². The molecule has 152 valence electrons. The zero-order valence-electron chi connectivity index (χ0n) is 16.1. The maximum atomic E-state index is 12.7. The van der Waals surface area contributed by atoms with Gasteiger partial charge in [-0.15, -0.1) is 0 Å². The Morgan fingerprint density at radius 2 is 1.97 bits per heavy atom. The number of amides is 2. The largest absolute Gasteiger partial charge is 0.496 e. The van der Waals surface area contributed by atoms with E-state index in [1.165, 1.54) is 14.2 Å². The van der Waals surface area contributed by atoms with Crippen molar-refractivity contribution in [1.29, 1.82) is 0 Å².